The van der Waals surface area contributed by atoms with E-state index in [1.165, 1.54) is 0 Å². The van der Waals surface area contributed by atoms with Gasteiger partial charge in [0.05, 0.1) is 12.2 Å². The molecule has 0 radical (unpaired) electrons. The van der Waals surface area contributed by atoms with Gasteiger partial charge in [-0.2, -0.15) is 5.10 Å². The van der Waals surface area contributed by atoms with E-state index in [1.54, 1.807) is 4.90 Å². The van der Waals surface area contributed by atoms with E-state index in [4.69, 9.17) is 9.47 Å². The molecule has 0 saturated heterocycles. The maximum Gasteiger partial charge on any atom is 0.410 e. The Kier molecular flexibility index (Phi) is 5.75. The minimum Gasteiger partial charge on any atom is -0.444 e. The number of carbonyl (C=O) groups is 1. The van der Waals surface area contributed by atoms with Gasteiger partial charge in [0.1, 0.15) is 12.3 Å². The van der Waals surface area contributed by atoms with Gasteiger partial charge in [-0.05, 0) is 26.8 Å². The standard InChI is InChI=1S/C17H31N3O3Si/c1-17(2,3)23-16(21)19-8-7-15-14(11-19)12-20(18-15)13-22-9-10-24(4,5)6/h12H,7-11,13H2,1-6H3. The Morgan fingerprint density at radius 1 is 1.33 bits per heavy atom. The van der Waals surface area contributed by atoms with Crippen molar-refractivity contribution in [2.75, 3.05) is 13.2 Å². The molecule has 0 fully saturated rings. The topological polar surface area (TPSA) is 56.6 Å². The van der Waals surface area contributed by atoms with E-state index in [2.05, 4.69) is 24.7 Å². The molecule has 2 heterocycles. The van der Waals surface area contributed by atoms with Crippen LogP contribution in [-0.4, -0.2) is 47.6 Å². The minimum atomic E-state index is -1.06. The van der Waals surface area contributed by atoms with Crippen LogP contribution in [0.1, 0.15) is 32.0 Å². The number of aromatic nitrogens is 2. The third kappa shape index (κ3) is 5.94. The van der Waals surface area contributed by atoms with Crippen molar-refractivity contribution >= 4 is 14.2 Å². The van der Waals surface area contributed by atoms with Crippen LogP contribution in [-0.2, 0) is 29.2 Å². The van der Waals surface area contributed by atoms with Gasteiger partial charge >= 0.3 is 6.09 Å². The maximum atomic E-state index is 12.2. The van der Waals surface area contributed by atoms with Crippen molar-refractivity contribution in [3.05, 3.63) is 17.5 Å². The Morgan fingerprint density at radius 2 is 2.04 bits per heavy atom. The van der Waals surface area contributed by atoms with Gasteiger partial charge in [0.25, 0.3) is 0 Å². The molecule has 0 aromatic carbocycles. The second-order valence-corrected chi connectivity index (χ2v) is 14.3. The first-order valence-electron chi connectivity index (χ1n) is 8.64. The highest BCUT2D eigenvalue weighted by atomic mass is 28.3. The molecule has 0 saturated carbocycles. The fourth-order valence-electron chi connectivity index (χ4n) is 2.46. The first-order valence-corrected chi connectivity index (χ1v) is 12.4. The molecule has 1 amide bonds. The number of ether oxygens (including phenoxy) is 2. The van der Waals surface area contributed by atoms with Crippen molar-refractivity contribution in [1.82, 2.24) is 14.7 Å². The number of fused-ring (bicyclic) bond motifs is 1. The van der Waals surface area contributed by atoms with Crippen LogP contribution in [0.4, 0.5) is 4.79 Å². The largest absolute Gasteiger partial charge is 0.444 e. The highest BCUT2D eigenvalue weighted by molar-refractivity contribution is 6.76. The van der Waals surface area contributed by atoms with Crippen LogP contribution in [0.3, 0.4) is 0 Å². The Morgan fingerprint density at radius 3 is 2.67 bits per heavy atom. The average molecular weight is 354 g/mol. The van der Waals surface area contributed by atoms with Gasteiger partial charge in [-0.25, -0.2) is 9.48 Å². The lowest BCUT2D eigenvalue weighted by Crippen LogP contribution is -2.39. The third-order valence-electron chi connectivity index (χ3n) is 3.78. The van der Waals surface area contributed by atoms with E-state index < -0.39 is 13.7 Å². The van der Waals surface area contributed by atoms with E-state index >= 15 is 0 Å². The summed E-state index contributed by atoms with van der Waals surface area (Å²) in [5.74, 6) is 0. The van der Waals surface area contributed by atoms with Crippen molar-refractivity contribution in [1.29, 1.82) is 0 Å². The number of carbonyl (C=O) groups excluding carboxylic acids is 1. The van der Waals surface area contributed by atoms with Crippen molar-refractivity contribution in [2.45, 2.75) is 71.8 Å². The summed E-state index contributed by atoms with van der Waals surface area (Å²) in [6.07, 6.45) is 2.49. The van der Waals surface area contributed by atoms with E-state index in [1.807, 2.05) is 31.6 Å². The van der Waals surface area contributed by atoms with Gasteiger partial charge in [-0.15, -0.1) is 0 Å². The normalized spacial score (nSPS) is 15.3. The molecule has 136 valence electrons. The smallest absolute Gasteiger partial charge is 0.410 e. The molecule has 0 spiro atoms. The highest BCUT2D eigenvalue weighted by Gasteiger charge is 2.27. The zero-order valence-electron chi connectivity index (χ0n) is 15.9. The second kappa shape index (κ2) is 7.27. The number of rotatable bonds is 5. The monoisotopic (exact) mass is 353 g/mol. The predicted octanol–water partition coefficient (Wildman–Crippen LogP) is 3.49. The third-order valence-corrected chi connectivity index (χ3v) is 5.48. The van der Waals surface area contributed by atoms with Crippen LogP contribution < -0.4 is 0 Å². The molecule has 0 unspecified atom stereocenters. The van der Waals surface area contributed by atoms with Crippen molar-refractivity contribution in [2.24, 2.45) is 0 Å². The molecule has 1 aliphatic heterocycles. The molecule has 2 rings (SSSR count). The van der Waals surface area contributed by atoms with Gasteiger partial charge in [0.2, 0.25) is 0 Å². The van der Waals surface area contributed by atoms with Crippen molar-refractivity contribution < 1.29 is 14.3 Å². The van der Waals surface area contributed by atoms with Crippen LogP contribution in [0.5, 0.6) is 0 Å². The van der Waals surface area contributed by atoms with Gasteiger partial charge in [-0.1, -0.05) is 19.6 Å². The van der Waals surface area contributed by atoms with Crippen LogP contribution in [0, 0.1) is 0 Å². The summed E-state index contributed by atoms with van der Waals surface area (Å²) in [7, 11) is -1.06. The summed E-state index contributed by atoms with van der Waals surface area (Å²) in [5.41, 5.74) is 1.68. The average Bonchev–Trinajstić information content (AvgIpc) is 2.82. The lowest BCUT2D eigenvalue weighted by atomic mass is 10.1. The van der Waals surface area contributed by atoms with Gasteiger partial charge in [0, 0.05) is 39.4 Å². The number of nitrogens with zero attached hydrogens (tertiary/aromatic N) is 3. The van der Waals surface area contributed by atoms with E-state index in [9.17, 15) is 4.79 Å². The first kappa shape index (κ1) is 19.0. The summed E-state index contributed by atoms with van der Waals surface area (Å²) in [4.78, 5) is 13.9. The Labute approximate surface area is 146 Å². The zero-order chi connectivity index (χ0) is 18.0. The molecule has 0 atom stereocenters. The molecule has 0 N–H and O–H groups in total. The molecule has 0 bridgehead atoms. The highest BCUT2D eigenvalue weighted by Crippen LogP contribution is 2.20. The molecular formula is C17H31N3O3Si. The molecule has 7 heteroatoms. The fraction of sp³-hybridized carbons (Fsp3) is 0.765. The molecule has 1 aromatic rings. The second-order valence-electron chi connectivity index (χ2n) is 8.64. The van der Waals surface area contributed by atoms with Gasteiger partial charge in [0.15, 0.2) is 0 Å². The maximum absolute atomic E-state index is 12.2. The van der Waals surface area contributed by atoms with E-state index in [-0.39, 0.29) is 6.09 Å². The van der Waals surface area contributed by atoms with Crippen LogP contribution in [0.15, 0.2) is 6.20 Å². The molecule has 1 aliphatic rings. The predicted molar refractivity (Wildman–Crippen MR) is 96.7 cm³/mol. The molecule has 0 aliphatic carbocycles. The van der Waals surface area contributed by atoms with Crippen LogP contribution in [0.2, 0.25) is 25.7 Å². The number of amides is 1. The summed E-state index contributed by atoms with van der Waals surface area (Å²) < 4.78 is 13.0. The quantitative estimate of drug-likeness (QED) is 0.600. The molecule has 1 aromatic heterocycles. The fourth-order valence-corrected chi connectivity index (χ4v) is 3.21. The van der Waals surface area contributed by atoms with Crippen molar-refractivity contribution in [3.63, 3.8) is 0 Å². The lowest BCUT2D eigenvalue weighted by Gasteiger charge is -2.29. The van der Waals surface area contributed by atoms with Crippen LogP contribution in [0.25, 0.3) is 0 Å². The van der Waals surface area contributed by atoms with E-state index in [0.29, 0.717) is 19.8 Å². The summed E-state index contributed by atoms with van der Waals surface area (Å²) in [6, 6.07) is 1.15. The summed E-state index contributed by atoms with van der Waals surface area (Å²) in [5, 5.41) is 4.58. The van der Waals surface area contributed by atoms with Gasteiger partial charge < -0.3 is 14.4 Å². The van der Waals surface area contributed by atoms with Gasteiger partial charge in [-0.3, -0.25) is 0 Å². The Hall–Kier alpha value is -1.34. The lowest BCUT2D eigenvalue weighted by molar-refractivity contribution is 0.0223. The molecule has 6 nitrogen and oxygen atoms in total. The van der Waals surface area contributed by atoms with Crippen molar-refractivity contribution in [3.8, 4) is 0 Å². The summed E-state index contributed by atoms with van der Waals surface area (Å²) >= 11 is 0. The number of hydrogen-bond acceptors (Lipinski definition) is 4. The molecule has 24 heavy (non-hydrogen) atoms. The minimum absolute atomic E-state index is 0.257. The zero-order valence-corrected chi connectivity index (χ0v) is 16.9. The first-order chi connectivity index (χ1) is 11.0. The Balaban J connectivity index is 1.87. The van der Waals surface area contributed by atoms with E-state index in [0.717, 1.165) is 30.3 Å². The molecular weight excluding hydrogens is 322 g/mol. The van der Waals surface area contributed by atoms with Crippen LogP contribution >= 0.6 is 0 Å². The SMILES string of the molecule is CC(C)(C)OC(=O)N1CCc2nn(COCC[Si](C)(C)C)cc2C1. The Bertz CT molecular complexity index is 573. The number of hydrogen-bond donors (Lipinski definition) is 0. The summed E-state index contributed by atoms with van der Waals surface area (Å²) in [6.45, 7) is 15.1.